The first-order valence-corrected chi connectivity index (χ1v) is 5.32. The first-order valence-electron chi connectivity index (χ1n) is 4.53. The number of nitrogens with zero attached hydrogens (tertiary/aromatic N) is 3. The lowest BCUT2D eigenvalue weighted by Gasteiger charge is -2.11. The van der Waals surface area contributed by atoms with Crippen molar-refractivity contribution < 1.29 is 0 Å². The average Bonchev–Trinajstić information content (AvgIpc) is 2.78. The molecule has 16 heavy (non-hydrogen) atoms. The second-order valence-electron chi connectivity index (χ2n) is 3.13. The van der Waals surface area contributed by atoms with Gasteiger partial charge in [-0.15, -0.1) is 0 Å². The van der Waals surface area contributed by atoms with E-state index in [1.807, 2.05) is 6.92 Å². The van der Waals surface area contributed by atoms with E-state index in [4.69, 9.17) is 0 Å². The molecule has 0 fully saturated rings. The lowest BCUT2D eigenvalue weighted by Crippen LogP contribution is -2.15. The highest BCUT2D eigenvalue weighted by Gasteiger charge is 2.12. The summed E-state index contributed by atoms with van der Waals surface area (Å²) < 4.78 is 0.362. The zero-order valence-electron chi connectivity index (χ0n) is 8.36. The SMILES string of the molecule is CC(Nc1nc[nH]c(=O)c1Br)c1ncn[nH]1. The molecule has 2 aromatic rings. The lowest BCUT2D eigenvalue weighted by molar-refractivity contribution is 0.787. The maximum atomic E-state index is 11.3. The molecule has 0 aliphatic rings. The summed E-state index contributed by atoms with van der Waals surface area (Å²) in [4.78, 5) is 21.8. The molecule has 0 amide bonds. The molecule has 84 valence electrons. The summed E-state index contributed by atoms with van der Waals surface area (Å²) in [6, 6.07) is -0.118. The molecule has 0 bridgehead atoms. The second kappa shape index (κ2) is 4.44. The summed E-state index contributed by atoms with van der Waals surface area (Å²) in [5.41, 5.74) is -0.234. The van der Waals surface area contributed by atoms with Gasteiger partial charge in [0.05, 0.1) is 12.4 Å². The number of nitrogens with one attached hydrogen (secondary N) is 3. The summed E-state index contributed by atoms with van der Waals surface area (Å²) in [5, 5.41) is 9.53. The predicted octanol–water partition coefficient (Wildman–Crippen LogP) is 0.824. The van der Waals surface area contributed by atoms with Crippen LogP contribution in [0.25, 0.3) is 0 Å². The number of anilines is 1. The molecule has 1 unspecified atom stereocenters. The minimum absolute atomic E-state index is 0.118. The van der Waals surface area contributed by atoms with Crippen LogP contribution in [-0.4, -0.2) is 25.1 Å². The standard InChI is InChI=1S/C8H9BrN6O/c1-4(6-11-3-13-15-6)14-7-5(9)8(16)12-2-10-7/h2-4H,1H3,(H,11,13,15)(H2,10,12,14,16). The highest BCUT2D eigenvalue weighted by molar-refractivity contribution is 9.10. The van der Waals surface area contributed by atoms with Gasteiger partial charge < -0.3 is 10.3 Å². The Labute approximate surface area is 98.9 Å². The van der Waals surface area contributed by atoms with E-state index >= 15 is 0 Å². The van der Waals surface area contributed by atoms with E-state index in [0.717, 1.165) is 0 Å². The van der Waals surface area contributed by atoms with E-state index in [1.165, 1.54) is 12.7 Å². The minimum atomic E-state index is -0.234. The van der Waals surface area contributed by atoms with Crippen LogP contribution >= 0.6 is 15.9 Å². The molecule has 7 nitrogen and oxygen atoms in total. The van der Waals surface area contributed by atoms with Gasteiger partial charge in [0.2, 0.25) is 0 Å². The van der Waals surface area contributed by atoms with Gasteiger partial charge in [0.25, 0.3) is 5.56 Å². The molecule has 0 radical (unpaired) electrons. The van der Waals surface area contributed by atoms with Gasteiger partial charge in [-0.2, -0.15) is 5.10 Å². The van der Waals surface area contributed by atoms with Gasteiger partial charge in [-0.3, -0.25) is 9.89 Å². The number of rotatable bonds is 3. The third-order valence-corrected chi connectivity index (χ3v) is 2.73. The highest BCUT2D eigenvalue weighted by atomic mass is 79.9. The normalized spacial score (nSPS) is 12.4. The molecule has 0 aliphatic carbocycles. The van der Waals surface area contributed by atoms with E-state index in [0.29, 0.717) is 16.1 Å². The monoisotopic (exact) mass is 284 g/mol. The van der Waals surface area contributed by atoms with Crippen LogP contribution in [0.4, 0.5) is 5.82 Å². The Morgan fingerprint density at radius 3 is 3.00 bits per heavy atom. The smallest absolute Gasteiger partial charge is 0.267 e. The number of halogens is 1. The fourth-order valence-electron chi connectivity index (χ4n) is 1.18. The molecule has 0 aromatic carbocycles. The van der Waals surface area contributed by atoms with Crippen LogP contribution in [-0.2, 0) is 0 Å². The average molecular weight is 285 g/mol. The van der Waals surface area contributed by atoms with Crippen LogP contribution in [0.2, 0.25) is 0 Å². The Kier molecular flexibility index (Phi) is 3.00. The third kappa shape index (κ3) is 2.11. The van der Waals surface area contributed by atoms with Gasteiger partial charge in [-0.25, -0.2) is 9.97 Å². The molecule has 2 aromatic heterocycles. The highest BCUT2D eigenvalue weighted by Crippen LogP contribution is 2.18. The van der Waals surface area contributed by atoms with Crippen molar-refractivity contribution in [2.45, 2.75) is 13.0 Å². The van der Waals surface area contributed by atoms with Crippen molar-refractivity contribution in [1.29, 1.82) is 0 Å². The Morgan fingerprint density at radius 1 is 1.50 bits per heavy atom. The summed E-state index contributed by atoms with van der Waals surface area (Å²) >= 11 is 3.16. The number of H-pyrrole nitrogens is 2. The van der Waals surface area contributed by atoms with Gasteiger partial charge in [0.1, 0.15) is 22.4 Å². The van der Waals surface area contributed by atoms with E-state index in [-0.39, 0.29) is 11.6 Å². The summed E-state index contributed by atoms with van der Waals surface area (Å²) in [6.07, 6.45) is 2.76. The predicted molar refractivity (Wildman–Crippen MR) is 61.0 cm³/mol. The zero-order chi connectivity index (χ0) is 11.5. The maximum absolute atomic E-state index is 11.3. The van der Waals surface area contributed by atoms with Gasteiger partial charge in [-0.1, -0.05) is 0 Å². The van der Waals surface area contributed by atoms with Crippen molar-refractivity contribution in [3.63, 3.8) is 0 Å². The van der Waals surface area contributed by atoms with Gasteiger partial charge >= 0.3 is 0 Å². The molecular formula is C8H9BrN6O. The Balaban J connectivity index is 2.21. The van der Waals surface area contributed by atoms with Crippen molar-refractivity contribution in [3.05, 3.63) is 33.3 Å². The van der Waals surface area contributed by atoms with Crippen molar-refractivity contribution in [1.82, 2.24) is 25.1 Å². The van der Waals surface area contributed by atoms with Crippen molar-refractivity contribution in [3.8, 4) is 0 Å². The van der Waals surface area contributed by atoms with Crippen LogP contribution in [0.3, 0.4) is 0 Å². The summed E-state index contributed by atoms with van der Waals surface area (Å²) in [5.74, 6) is 1.14. The molecule has 2 heterocycles. The minimum Gasteiger partial charge on any atom is -0.359 e. The largest absolute Gasteiger partial charge is 0.359 e. The molecule has 0 saturated heterocycles. The van der Waals surface area contributed by atoms with Crippen LogP contribution in [0.15, 0.2) is 21.9 Å². The fourth-order valence-corrected chi connectivity index (χ4v) is 1.51. The van der Waals surface area contributed by atoms with Crippen molar-refractivity contribution >= 4 is 21.7 Å². The Morgan fingerprint density at radius 2 is 2.31 bits per heavy atom. The number of aromatic nitrogens is 5. The molecule has 2 rings (SSSR count). The van der Waals surface area contributed by atoms with Crippen LogP contribution < -0.4 is 10.9 Å². The molecule has 3 N–H and O–H groups in total. The van der Waals surface area contributed by atoms with E-state index < -0.39 is 0 Å². The Bertz CT molecular complexity index is 522. The third-order valence-electron chi connectivity index (χ3n) is 1.99. The summed E-state index contributed by atoms with van der Waals surface area (Å²) in [7, 11) is 0. The van der Waals surface area contributed by atoms with Crippen molar-refractivity contribution in [2.75, 3.05) is 5.32 Å². The van der Waals surface area contributed by atoms with Gasteiger partial charge in [-0.05, 0) is 22.9 Å². The summed E-state index contributed by atoms with van der Waals surface area (Å²) in [6.45, 7) is 1.88. The number of hydrogen-bond acceptors (Lipinski definition) is 5. The quantitative estimate of drug-likeness (QED) is 0.775. The number of hydrogen-bond donors (Lipinski definition) is 3. The van der Waals surface area contributed by atoms with Crippen molar-refractivity contribution in [2.24, 2.45) is 0 Å². The Hall–Kier alpha value is -1.70. The first kappa shape index (κ1) is 10.8. The number of aromatic amines is 2. The van der Waals surface area contributed by atoms with Crippen LogP contribution in [0.1, 0.15) is 18.8 Å². The fraction of sp³-hybridized carbons (Fsp3) is 0.250. The van der Waals surface area contributed by atoms with E-state index in [1.54, 1.807) is 0 Å². The van der Waals surface area contributed by atoms with Crippen LogP contribution in [0.5, 0.6) is 0 Å². The zero-order valence-corrected chi connectivity index (χ0v) is 9.95. The van der Waals surface area contributed by atoms with Gasteiger partial charge in [0, 0.05) is 0 Å². The molecule has 0 aliphatic heterocycles. The molecule has 0 spiro atoms. The van der Waals surface area contributed by atoms with Gasteiger partial charge in [0.15, 0.2) is 0 Å². The molecular weight excluding hydrogens is 276 g/mol. The first-order chi connectivity index (χ1) is 7.68. The molecule has 8 heteroatoms. The van der Waals surface area contributed by atoms with E-state index in [9.17, 15) is 4.79 Å². The van der Waals surface area contributed by atoms with Crippen LogP contribution in [0, 0.1) is 0 Å². The van der Waals surface area contributed by atoms with E-state index in [2.05, 4.69) is 46.4 Å². The topological polar surface area (TPSA) is 99.3 Å². The molecule has 1 atom stereocenters. The lowest BCUT2D eigenvalue weighted by atomic mass is 10.3. The second-order valence-corrected chi connectivity index (χ2v) is 3.92. The maximum Gasteiger partial charge on any atom is 0.267 e. The molecule has 0 saturated carbocycles.